The number of carboxylic acid groups (broad SMARTS) is 1. The van der Waals surface area contributed by atoms with Gasteiger partial charge in [0.2, 0.25) is 0 Å². The molecule has 0 aliphatic carbocycles. The molecule has 0 bridgehead atoms. The second-order valence-electron chi connectivity index (χ2n) is 3.29. The molecular formula is C10H9NO4S. The lowest BCUT2D eigenvalue weighted by Crippen LogP contribution is -2.16. The molecule has 1 unspecified atom stereocenters. The van der Waals surface area contributed by atoms with Crippen LogP contribution in [-0.2, 0) is 4.79 Å². The molecule has 0 saturated heterocycles. The maximum Gasteiger partial charge on any atom is 0.318 e. The number of aromatic hydroxyl groups is 2. The van der Waals surface area contributed by atoms with Crippen LogP contribution in [0.3, 0.4) is 0 Å². The summed E-state index contributed by atoms with van der Waals surface area (Å²) in [7, 11) is 0. The van der Waals surface area contributed by atoms with E-state index in [-0.39, 0.29) is 18.0 Å². The van der Waals surface area contributed by atoms with E-state index in [0.717, 1.165) is 11.8 Å². The molecule has 6 heteroatoms. The predicted molar refractivity (Wildman–Crippen MR) is 60.2 cm³/mol. The van der Waals surface area contributed by atoms with Gasteiger partial charge in [-0.25, -0.2) is 0 Å². The first-order chi connectivity index (χ1) is 7.58. The quantitative estimate of drug-likeness (QED) is 0.717. The first-order valence-corrected chi connectivity index (χ1v) is 5.42. The Morgan fingerprint density at radius 1 is 1.44 bits per heavy atom. The van der Waals surface area contributed by atoms with Crippen LogP contribution in [0.1, 0.15) is 5.56 Å². The highest BCUT2D eigenvalue weighted by Gasteiger charge is 2.27. The van der Waals surface area contributed by atoms with Gasteiger partial charge in [0.25, 0.3) is 0 Å². The Hall–Kier alpha value is -1.69. The topological polar surface area (TPSA) is 90.1 Å². The van der Waals surface area contributed by atoms with Crippen LogP contribution in [-0.4, -0.2) is 38.1 Å². The molecule has 1 aliphatic rings. The molecule has 2 rings (SSSR count). The Kier molecular flexibility index (Phi) is 2.74. The number of hydrogen-bond acceptors (Lipinski definition) is 5. The van der Waals surface area contributed by atoms with Gasteiger partial charge in [-0.15, -0.1) is 0 Å². The van der Waals surface area contributed by atoms with Gasteiger partial charge in [-0.05, 0) is 12.1 Å². The number of rotatable bonds is 2. The van der Waals surface area contributed by atoms with Crippen molar-refractivity contribution in [2.24, 2.45) is 4.99 Å². The minimum atomic E-state index is -0.915. The lowest BCUT2D eigenvalue weighted by molar-refractivity contribution is -0.136. The number of benzene rings is 1. The molecule has 84 valence electrons. The van der Waals surface area contributed by atoms with Crippen LogP contribution >= 0.6 is 11.8 Å². The standard InChI is InChI=1S/C10H9NO4S/c12-5-1-2-6(7(13)3-5)9-11-4-8(16-9)10(14)15/h1-3,8,12-13H,4H2,(H,14,15). The molecule has 1 aromatic carbocycles. The van der Waals surface area contributed by atoms with Crippen molar-refractivity contribution in [1.29, 1.82) is 0 Å². The Morgan fingerprint density at radius 2 is 2.19 bits per heavy atom. The summed E-state index contributed by atoms with van der Waals surface area (Å²) in [6, 6.07) is 4.14. The maximum atomic E-state index is 10.7. The fourth-order valence-electron chi connectivity index (χ4n) is 1.35. The van der Waals surface area contributed by atoms with Gasteiger partial charge in [0.05, 0.1) is 6.54 Å². The molecule has 0 fully saturated rings. The van der Waals surface area contributed by atoms with Gasteiger partial charge in [-0.1, -0.05) is 11.8 Å². The molecule has 5 nitrogen and oxygen atoms in total. The number of hydrogen-bond donors (Lipinski definition) is 3. The zero-order chi connectivity index (χ0) is 11.7. The molecule has 0 saturated carbocycles. The van der Waals surface area contributed by atoms with E-state index in [2.05, 4.69) is 4.99 Å². The van der Waals surface area contributed by atoms with Crippen molar-refractivity contribution >= 4 is 22.8 Å². The third kappa shape index (κ3) is 1.96. The van der Waals surface area contributed by atoms with Crippen molar-refractivity contribution in [2.45, 2.75) is 5.25 Å². The van der Waals surface area contributed by atoms with Crippen LogP contribution in [0.4, 0.5) is 0 Å². The highest BCUT2D eigenvalue weighted by molar-refractivity contribution is 8.15. The van der Waals surface area contributed by atoms with Crippen LogP contribution in [0.2, 0.25) is 0 Å². The Morgan fingerprint density at radius 3 is 2.75 bits per heavy atom. The maximum absolute atomic E-state index is 10.7. The minimum absolute atomic E-state index is 0.0420. The molecule has 1 atom stereocenters. The first-order valence-electron chi connectivity index (χ1n) is 4.54. The third-order valence-corrected chi connectivity index (χ3v) is 3.35. The van der Waals surface area contributed by atoms with E-state index in [0.29, 0.717) is 10.6 Å². The van der Waals surface area contributed by atoms with Crippen LogP contribution in [0.15, 0.2) is 23.2 Å². The zero-order valence-electron chi connectivity index (χ0n) is 8.12. The normalized spacial score (nSPS) is 19.5. The second kappa shape index (κ2) is 4.05. The molecule has 0 amide bonds. The number of phenols is 2. The highest BCUT2D eigenvalue weighted by Crippen LogP contribution is 2.32. The fraction of sp³-hybridized carbons (Fsp3) is 0.200. The van der Waals surface area contributed by atoms with Crippen molar-refractivity contribution in [3.8, 4) is 11.5 Å². The Labute approximate surface area is 95.4 Å². The molecule has 0 aromatic heterocycles. The number of aliphatic imine (C=N–C) groups is 1. The van der Waals surface area contributed by atoms with Crippen molar-refractivity contribution in [3.63, 3.8) is 0 Å². The van der Waals surface area contributed by atoms with Gasteiger partial charge in [-0.3, -0.25) is 9.79 Å². The lowest BCUT2D eigenvalue weighted by atomic mass is 10.2. The summed E-state index contributed by atoms with van der Waals surface area (Å²) in [6.45, 7) is 0.204. The molecule has 1 aliphatic heterocycles. The van der Waals surface area contributed by atoms with Gasteiger partial charge in [0.1, 0.15) is 21.8 Å². The smallest absolute Gasteiger partial charge is 0.318 e. The molecule has 1 aromatic rings. The molecule has 0 spiro atoms. The number of thioether (sulfide) groups is 1. The van der Waals surface area contributed by atoms with Crippen molar-refractivity contribution in [1.82, 2.24) is 0 Å². The fourth-order valence-corrected chi connectivity index (χ4v) is 2.32. The van der Waals surface area contributed by atoms with Crippen LogP contribution < -0.4 is 0 Å². The van der Waals surface area contributed by atoms with E-state index in [4.69, 9.17) is 10.2 Å². The van der Waals surface area contributed by atoms with Gasteiger partial charge >= 0.3 is 5.97 Å². The third-order valence-electron chi connectivity index (χ3n) is 2.14. The number of carbonyl (C=O) groups is 1. The minimum Gasteiger partial charge on any atom is -0.508 e. The zero-order valence-corrected chi connectivity index (χ0v) is 8.94. The van der Waals surface area contributed by atoms with E-state index < -0.39 is 11.2 Å². The first kappa shape index (κ1) is 10.8. The SMILES string of the molecule is O=C(O)C1CN=C(c2ccc(O)cc2O)S1. The highest BCUT2D eigenvalue weighted by atomic mass is 32.2. The lowest BCUT2D eigenvalue weighted by Gasteiger charge is -2.05. The number of carboxylic acids is 1. The predicted octanol–water partition coefficient (Wildman–Crippen LogP) is 1.04. The van der Waals surface area contributed by atoms with Crippen molar-refractivity contribution < 1.29 is 20.1 Å². The Balaban J connectivity index is 2.24. The summed E-state index contributed by atoms with van der Waals surface area (Å²) in [6.07, 6.45) is 0. The van der Waals surface area contributed by atoms with Gasteiger partial charge in [0.15, 0.2) is 0 Å². The average Bonchev–Trinajstić information content (AvgIpc) is 2.66. The van der Waals surface area contributed by atoms with Crippen molar-refractivity contribution in [3.05, 3.63) is 23.8 Å². The molecule has 3 N–H and O–H groups in total. The van der Waals surface area contributed by atoms with Gasteiger partial charge < -0.3 is 15.3 Å². The van der Waals surface area contributed by atoms with E-state index >= 15 is 0 Å². The molecule has 0 radical (unpaired) electrons. The van der Waals surface area contributed by atoms with E-state index in [9.17, 15) is 9.90 Å². The number of nitrogens with zero attached hydrogens (tertiary/aromatic N) is 1. The summed E-state index contributed by atoms with van der Waals surface area (Å²) < 4.78 is 0. The number of aliphatic carboxylic acids is 1. The number of phenolic OH excluding ortho intramolecular Hbond substituents is 2. The monoisotopic (exact) mass is 239 g/mol. The second-order valence-corrected chi connectivity index (χ2v) is 4.48. The summed E-state index contributed by atoms with van der Waals surface area (Å²) in [5.74, 6) is -1.06. The van der Waals surface area contributed by atoms with Crippen LogP contribution in [0, 0.1) is 0 Å². The summed E-state index contributed by atoms with van der Waals surface area (Å²) in [4.78, 5) is 14.8. The largest absolute Gasteiger partial charge is 0.508 e. The van der Waals surface area contributed by atoms with Gasteiger partial charge in [-0.2, -0.15) is 0 Å². The van der Waals surface area contributed by atoms with Crippen molar-refractivity contribution in [2.75, 3.05) is 6.54 Å². The van der Waals surface area contributed by atoms with Crippen LogP contribution in [0.5, 0.6) is 11.5 Å². The molecular weight excluding hydrogens is 230 g/mol. The average molecular weight is 239 g/mol. The Bertz CT molecular complexity index is 472. The molecule has 1 heterocycles. The molecule has 16 heavy (non-hydrogen) atoms. The summed E-state index contributed by atoms with van der Waals surface area (Å²) >= 11 is 1.10. The summed E-state index contributed by atoms with van der Waals surface area (Å²) in [5.41, 5.74) is 0.451. The van der Waals surface area contributed by atoms with E-state index in [1.807, 2.05) is 0 Å². The van der Waals surface area contributed by atoms with E-state index in [1.165, 1.54) is 18.2 Å². The van der Waals surface area contributed by atoms with Gasteiger partial charge in [0, 0.05) is 11.6 Å². The summed E-state index contributed by atoms with van der Waals surface area (Å²) in [5, 5.41) is 27.4. The van der Waals surface area contributed by atoms with E-state index in [1.54, 1.807) is 0 Å². The van der Waals surface area contributed by atoms with Crippen LogP contribution in [0.25, 0.3) is 0 Å².